The van der Waals surface area contributed by atoms with Crippen molar-refractivity contribution < 1.29 is 47.4 Å². The summed E-state index contributed by atoms with van der Waals surface area (Å²) in [4.78, 5) is 54.3. The van der Waals surface area contributed by atoms with Gasteiger partial charge in [0.2, 0.25) is 0 Å². The highest BCUT2D eigenvalue weighted by atomic mass is 19.1. The van der Waals surface area contributed by atoms with Gasteiger partial charge in [0.1, 0.15) is 57.9 Å². The van der Waals surface area contributed by atoms with Crippen LogP contribution in [0.25, 0.3) is 0 Å². The molecule has 0 aliphatic carbocycles. The minimum Gasteiger partial charge on any atom is -0.508 e. The van der Waals surface area contributed by atoms with Gasteiger partial charge in [0, 0.05) is 69.8 Å². The third kappa shape index (κ3) is 29.7. The van der Waals surface area contributed by atoms with E-state index in [-0.39, 0.29) is 57.9 Å². The SMILES string of the molecule is CC(=O)CCCCc1cn(Cc2ccc(F)cc2)nn1.CC(=O)CCCc1cn(CCc2ccc(O)cc2)nn1.CC(=O)CCc1cn(CCc2ccc(O)cc2)nn1.CC(=O)CCc1cn(Cc2ccc(F)cc2)nn1.CC(=O)Cc1cn(Cc2ccc(F)cc2)nn1. The lowest BCUT2D eigenvalue weighted by Crippen LogP contribution is -2.01. The van der Waals surface area contributed by atoms with Crippen LogP contribution in [-0.4, -0.2) is 114 Å². The normalized spacial score (nSPS) is 10.6. The zero-order chi connectivity index (χ0) is 67.6. The second-order valence-electron chi connectivity index (χ2n) is 22.6. The van der Waals surface area contributed by atoms with Crippen LogP contribution in [-0.2, 0) is 102 Å². The van der Waals surface area contributed by atoms with Crippen LogP contribution in [0.15, 0.2) is 152 Å². The third-order valence-corrected chi connectivity index (χ3v) is 13.9. The zero-order valence-electron chi connectivity index (χ0n) is 53.6. The fourth-order valence-corrected chi connectivity index (χ4v) is 8.89. The summed E-state index contributed by atoms with van der Waals surface area (Å²) < 4.78 is 46.9. The lowest BCUT2D eigenvalue weighted by molar-refractivity contribution is -0.117. The summed E-state index contributed by atoms with van der Waals surface area (Å²) >= 11 is 0. The molecule has 22 nitrogen and oxygen atoms in total. The highest BCUT2D eigenvalue weighted by Crippen LogP contribution is 2.14. The number of nitrogens with zero attached hydrogens (tertiary/aromatic N) is 15. The third-order valence-electron chi connectivity index (χ3n) is 13.9. The van der Waals surface area contributed by atoms with Crippen LogP contribution in [0.5, 0.6) is 11.5 Å². The van der Waals surface area contributed by atoms with Crippen LogP contribution < -0.4 is 0 Å². The number of hydrogen-bond acceptors (Lipinski definition) is 17. The monoisotopic (exact) mass is 1290 g/mol. The Morgan fingerprint density at radius 3 is 0.957 bits per heavy atom. The van der Waals surface area contributed by atoms with Gasteiger partial charge < -0.3 is 29.4 Å². The maximum Gasteiger partial charge on any atom is 0.135 e. The van der Waals surface area contributed by atoms with Gasteiger partial charge in [0.15, 0.2) is 0 Å². The van der Waals surface area contributed by atoms with Gasteiger partial charge >= 0.3 is 0 Å². The minimum absolute atomic E-state index is 0.0545. The van der Waals surface area contributed by atoms with E-state index in [9.17, 15) is 47.4 Å². The summed E-state index contributed by atoms with van der Waals surface area (Å²) in [5.41, 5.74) is 9.32. The molecule has 0 spiro atoms. The number of unbranched alkanes of at least 4 members (excludes halogenated alkanes) is 1. The van der Waals surface area contributed by atoms with Gasteiger partial charge in [-0.1, -0.05) is 86.7 Å². The molecular weight excluding hydrogens is 1210 g/mol. The van der Waals surface area contributed by atoms with Crippen LogP contribution in [0.3, 0.4) is 0 Å². The first-order chi connectivity index (χ1) is 45.2. The van der Waals surface area contributed by atoms with Crippen LogP contribution in [0.2, 0.25) is 0 Å². The molecule has 494 valence electrons. The van der Waals surface area contributed by atoms with Crippen molar-refractivity contribution in [1.82, 2.24) is 75.0 Å². The molecule has 0 saturated carbocycles. The van der Waals surface area contributed by atoms with Crippen molar-refractivity contribution in [2.24, 2.45) is 0 Å². The number of ketones is 5. The predicted molar refractivity (Wildman–Crippen MR) is 344 cm³/mol. The highest BCUT2D eigenvalue weighted by molar-refractivity contribution is 5.77. The summed E-state index contributed by atoms with van der Waals surface area (Å²) in [6.07, 6.45) is 19.0. The van der Waals surface area contributed by atoms with Gasteiger partial charge in [0.25, 0.3) is 0 Å². The van der Waals surface area contributed by atoms with Gasteiger partial charge in [-0.3, -0.25) is 14.2 Å². The smallest absolute Gasteiger partial charge is 0.135 e. The van der Waals surface area contributed by atoms with E-state index in [2.05, 4.69) is 51.6 Å². The lowest BCUT2D eigenvalue weighted by atomic mass is 10.1. The first-order valence-electron chi connectivity index (χ1n) is 30.9. The van der Waals surface area contributed by atoms with E-state index >= 15 is 0 Å². The molecular formula is C69H80F3N15O7. The van der Waals surface area contributed by atoms with Gasteiger partial charge in [0.05, 0.1) is 54.5 Å². The maximum absolute atomic E-state index is 12.8. The molecule has 5 aromatic heterocycles. The predicted octanol–water partition coefficient (Wildman–Crippen LogP) is 10.2. The van der Waals surface area contributed by atoms with E-state index in [1.165, 1.54) is 43.3 Å². The number of carbonyl (C=O) groups excluding carboxylic acids is 5. The Labute approximate surface area is 543 Å². The average Bonchev–Trinajstić information content (AvgIpc) is 2.75. The fraction of sp³-hybridized carbons (Fsp3) is 0.348. The molecule has 0 fully saturated rings. The Bertz CT molecular complexity index is 3900. The van der Waals surface area contributed by atoms with Crippen molar-refractivity contribution in [3.63, 3.8) is 0 Å². The molecule has 94 heavy (non-hydrogen) atoms. The number of phenolic OH excluding ortho intramolecular Hbond substituents is 2. The molecule has 0 aliphatic heterocycles. The number of rotatable bonds is 29. The molecule has 5 aromatic carbocycles. The number of carbonyl (C=O) groups is 5. The topological polar surface area (TPSA) is 279 Å². The summed E-state index contributed by atoms with van der Waals surface area (Å²) in [6.45, 7) is 11.0. The van der Waals surface area contributed by atoms with Crippen LogP contribution in [0.4, 0.5) is 13.2 Å². The molecule has 0 saturated heterocycles. The van der Waals surface area contributed by atoms with Gasteiger partial charge in [-0.05, 0) is 181 Å². The molecule has 25 heteroatoms. The second-order valence-corrected chi connectivity index (χ2v) is 22.6. The molecule has 0 radical (unpaired) electrons. The molecule has 0 atom stereocenters. The number of benzene rings is 5. The Morgan fingerprint density at radius 2 is 0.606 bits per heavy atom. The van der Waals surface area contributed by atoms with Crippen molar-refractivity contribution in [1.29, 1.82) is 0 Å². The molecule has 0 unspecified atom stereocenters. The molecule has 10 rings (SSSR count). The van der Waals surface area contributed by atoms with Crippen molar-refractivity contribution in [3.8, 4) is 11.5 Å². The quantitative estimate of drug-likeness (QED) is 0.0412. The summed E-state index contributed by atoms with van der Waals surface area (Å²) in [5, 5.41) is 58.6. The van der Waals surface area contributed by atoms with E-state index in [4.69, 9.17) is 0 Å². The molecule has 0 aliphatic rings. The van der Waals surface area contributed by atoms with E-state index < -0.39 is 0 Å². The van der Waals surface area contributed by atoms with Gasteiger partial charge in [-0.25, -0.2) is 27.2 Å². The molecule has 10 aromatic rings. The van der Waals surface area contributed by atoms with E-state index in [0.29, 0.717) is 70.3 Å². The molecule has 0 amide bonds. The second kappa shape index (κ2) is 39.1. The fourth-order valence-electron chi connectivity index (χ4n) is 8.89. The molecule has 2 N–H and O–H groups in total. The maximum atomic E-state index is 12.8. The van der Waals surface area contributed by atoms with Crippen molar-refractivity contribution in [3.05, 3.63) is 226 Å². The Kier molecular flexibility index (Phi) is 30.2. The van der Waals surface area contributed by atoms with Gasteiger partial charge in [-0.2, -0.15) is 0 Å². The molecule has 5 heterocycles. The van der Waals surface area contributed by atoms with E-state index in [0.717, 1.165) is 109 Å². The number of halogens is 3. The Balaban J connectivity index is 0.000000186. The van der Waals surface area contributed by atoms with Crippen LogP contribution in [0.1, 0.15) is 136 Å². The van der Waals surface area contributed by atoms with Crippen molar-refractivity contribution in [2.75, 3.05) is 0 Å². The minimum atomic E-state index is -0.260. The number of Topliss-reactive ketones (excluding diaryl/α,β-unsaturated/α-hetero) is 5. The summed E-state index contributed by atoms with van der Waals surface area (Å²) in [6, 6.07) is 33.1. The van der Waals surface area contributed by atoms with Crippen LogP contribution >= 0.6 is 0 Å². The van der Waals surface area contributed by atoms with E-state index in [1.54, 1.807) is 113 Å². The number of aryl methyl sites for hydroxylation is 8. The number of phenols is 2. The number of hydrogen-bond donors (Lipinski definition) is 2. The van der Waals surface area contributed by atoms with E-state index in [1.807, 2.05) is 53.7 Å². The Hall–Kier alpha value is -10.5. The van der Waals surface area contributed by atoms with Gasteiger partial charge in [-0.15, -0.1) is 25.5 Å². The lowest BCUT2D eigenvalue weighted by Gasteiger charge is -2.01. The zero-order valence-corrected chi connectivity index (χ0v) is 53.6. The highest BCUT2D eigenvalue weighted by Gasteiger charge is 2.09. The standard InChI is InChI=1S/C15H18FN3O.C15H19N3O2.C14H17N3O2.C13H14FN3O.C12H12FN3O/c1-12(20)4-2-3-5-15-11-19(18-17-15)10-13-6-8-14(16)9-7-13;1-12(19)3-2-4-14-11-18(17-16-14)10-9-13-5-7-15(20)8-6-13;1-11(18)2-5-13-10-17(16-15-13)9-8-12-3-6-14(19)7-4-12;1-10(18)2-7-13-9-17(16-15-13)8-11-3-5-12(14)6-4-11;1-9(17)6-12-8-16(15-14-12)7-10-2-4-11(13)5-3-10/h6-9,11H,2-5,10H2,1H3;5-8,11,20H,2-4,9-10H2,1H3;3-4,6-7,10,19H,2,5,8-9H2,1H3;3-6,9H,2,7-8H2,1H3;2-5,8H,6-7H2,1H3. The largest absolute Gasteiger partial charge is 0.508 e. The first-order valence-corrected chi connectivity index (χ1v) is 30.9. The number of aromatic hydroxyl groups is 2. The summed E-state index contributed by atoms with van der Waals surface area (Å²) in [7, 11) is 0. The first kappa shape index (κ1) is 72.6. The summed E-state index contributed by atoms with van der Waals surface area (Å²) in [5.74, 6) is 0.608. The van der Waals surface area contributed by atoms with Crippen LogP contribution in [0, 0.1) is 17.5 Å². The molecule has 0 bridgehead atoms. The average molecular weight is 1290 g/mol. The number of aromatic nitrogens is 15. The Morgan fingerprint density at radius 1 is 0.319 bits per heavy atom. The van der Waals surface area contributed by atoms with Crippen molar-refractivity contribution >= 4 is 28.9 Å². The van der Waals surface area contributed by atoms with Crippen molar-refractivity contribution in [2.45, 2.75) is 157 Å².